The van der Waals surface area contributed by atoms with E-state index in [9.17, 15) is 4.79 Å². The smallest absolute Gasteiger partial charge is 0.323 e. The number of para-hydroxylation sites is 2. The third-order valence-corrected chi connectivity index (χ3v) is 7.52. The summed E-state index contributed by atoms with van der Waals surface area (Å²) in [4.78, 5) is 18.0. The minimum atomic E-state index is -0.352. The van der Waals surface area contributed by atoms with Crippen molar-refractivity contribution in [2.75, 3.05) is 24.3 Å². The minimum absolute atomic E-state index is 0.239. The van der Waals surface area contributed by atoms with Gasteiger partial charge in [0.05, 0.1) is 40.4 Å². The van der Waals surface area contributed by atoms with Crippen molar-refractivity contribution in [2.24, 2.45) is 0 Å². The van der Waals surface area contributed by atoms with E-state index in [0.29, 0.717) is 17.3 Å². The van der Waals surface area contributed by atoms with E-state index in [1.165, 1.54) is 0 Å². The number of hydrogen-bond acceptors (Lipinski definition) is 3. The molecule has 1 aliphatic heterocycles. The van der Waals surface area contributed by atoms with Gasteiger partial charge in [0.25, 0.3) is 0 Å². The third kappa shape index (κ3) is 4.45. The fraction of sp³-hybridized carbons (Fsp3) is 0.161. The number of hydrogen-bond donors (Lipinski definition) is 1. The lowest BCUT2D eigenvalue weighted by Crippen LogP contribution is -2.38. The van der Waals surface area contributed by atoms with Gasteiger partial charge in [0.2, 0.25) is 0 Å². The van der Waals surface area contributed by atoms with E-state index in [1.54, 1.807) is 6.07 Å². The molecule has 39 heavy (non-hydrogen) atoms. The molecule has 8 heteroatoms. The van der Waals surface area contributed by atoms with Gasteiger partial charge in [-0.15, -0.1) is 0 Å². The lowest BCUT2D eigenvalue weighted by molar-refractivity contribution is 0.194. The van der Waals surface area contributed by atoms with Crippen molar-refractivity contribution in [3.05, 3.63) is 125 Å². The highest BCUT2D eigenvalue weighted by Crippen LogP contribution is 2.39. The van der Waals surface area contributed by atoms with Gasteiger partial charge < -0.3 is 19.7 Å². The standard InChI is InChI=1S/C31H29ClN6O/c1-21-25-20-37(31(39)33-27-13-8-7-12-26(27)32)29(22-15-17-23(18-16-22)35(2)3)28-14-9-19-36(28)30(25)38(34-21)24-10-5-4-6-11-24/h4-19,29H,20H2,1-3H3,(H,33,39)/t29-/m0/s1. The van der Waals surface area contributed by atoms with Crippen LogP contribution in [0.15, 0.2) is 97.2 Å². The Morgan fingerprint density at radius 1 is 0.949 bits per heavy atom. The Morgan fingerprint density at radius 2 is 1.67 bits per heavy atom. The zero-order chi connectivity index (χ0) is 27.1. The molecule has 3 heterocycles. The molecule has 0 spiro atoms. The molecule has 1 N–H and O–H groups in total. The van der Waals surface area contributed by atoms with Crippen LogP contribution >= 0.6 is 11.6 Å². The largest absolute Gasteiger partial charge is 0.378 e. The zero-order valence-electron chi connectivity index (χ0n) is 22.0. The van der Waals surface area contributed by atoms with Crippen LogP contribution in [0.1, 0.15) is 28.6 Å². The molecule has 1 aliphatic rings. The molecule has 196 valence electrons. The second-order valence-electron chi connectivity index (χ2n) is 9.86. The van der Waals surface area contributed by atoms with Gasteiger partial charge in [-0.1, -0.05) is 54.1 Å². The first-order valence-corrected chi connectivity index (χ1v) is 13.2. The summed E-state index contributed by atoms with van der Waals surface area (Å²) in [6.07, 6.45) is 2.05. The van der Waals surface area contributed by atoms with E-state index in [1.807, 2.05) is 91.4 Å². The first kappa shape index (κ1) is 24.8. The van der Waals surface area contributed by atoms with E-state index < -0.39 is 0 Å². The van der Waals surface area contributed by atoms with Crippen LogP contribution < -0.4 is 10.2 Å². The highest BCUT2D eigenvalue weighted by atomic mass is 35.5. The number of nitrogens with zero attached hydrogens (tertiary/aromatic N) is 5. The Hall–Kier alpha value is -4.49. The molecule has 0 saturated heterocycles. The van der Waals surface area contributed by atoms with Crippen molar-refractivity contribution in [1.82, 2.24) is 19.2 Å². The van der Waals surface area contributed by atoms with Gasteiger partial charge in [-0.05, 0) is 61.0 Å². The Morgan fingerprint density at radius 3 is 2.38 bits per heavy atom. The number of aromatic nitrogens is 3. The quantitative estimate of drug-likeness (QED) is 0.274. The summed E-state index contributed by atoms with van der Waals surface area (Å²) in [6.45, 7) is 2.36. The van der Waals surface area contributed by atoms with Crippen LogP contribution in [0.2, 0.25) is 5.02 Å². The van der Waals surface area contributed by atoms with Crippen LogP contribution in [0.4, 0.5) is 16.2 Å². The molecule has 5 aromatic rings. The number of fused-ring (bicyclic) bond motifs is 3. The van der Waals surface area contributed by atoms with Gasteiger partial charge in [-0.2, -0.15) is 5.10 Å². The van der Waals surface area contributed by atoms with Crippen molar-refractivity contribution >= 4 is 29.0 Å². The Kier molecular flexibility index (Phi) is 6.37. The third-order valence-electron chi connectivity index (χ3n) is 7.19. The van der Waals surface area contributed by atoms with Crippen LogP contribution in [0.25, 0.3) is 11.5 Å². The summed E-state index contributed by atoms with van der Waals surface area (Å²) in [6, 6.07) is 29.2. The monoisotopic (exact) mass is 536 g/mol. The number of carbonyl (C=O) groups excluding carboxylic acids is 1. The molecule has 0 bridgehead atoms. The Labute approximate surface area is 232 Å². The van der Waals surface area contributed by atoms with Gasteiger partial charge in [0.15, 0.2) is 0 Å². The number of anilines is 2. The van der Waals surface area contributed by atoms with Crippen LogP contribution in [0, 0.1) is 6.92 Å². The maximum atomic E-state index is 14.1. The number of halogens is 1. The molecule has 2 aromatic heterocycles. The second kappa shape index (κ2) is 10.0. The van der Waals surface area contributed by atoms with Gasteiger partial charge in [0, 0.05) is 31.5 Å². The SMILES string of the molecule is Cc1nn(-c2ccccc2)c2c1CN(C(=O)Nc1ccccc1Cl)[C@@H](c1ccc(N(C)C)cc1)c1cccn1-2. The summed E-state index contributed by atoms with van der Waals surface area (Å²) in [5.74, 6) is 0.932. The molecule has 6 rings (SSSR count). The first-order valence-electron chi connectivity index (χ1n) is 12.8. The zero-order valence-corrected chi connectivity index (χ0v) is 22.8. The van der Waals surface area contributed by atoms with Gasteiger partial charge in [-0.25, -0.2) is 9.48 Å². The lowest BCUT2D eigenvalue weighted by atomic mass is 10.0. The first-order chi connectivity index (χ1) is 18.9. The highest BCUT2D eigenvalue weighted by molar-refractivity contribution is 6.33. The molecular weight excluding hydrogens is 508 g/mol. The Bertz CT molecular complexity index is 1640. The summed E-state index contributed by atoms with van der Waals surface area (Å²) >= 11 is 6.43. The van der Waals surface area contributed by atoms with Crippen molar-refractivity contribution in [3.63, 3.8) is 0 Å². The molecule has 0 unspecified atom stereocenters. The second-order valence-corrected chi connectivity index (χ2v) is 10.3. The molecule has 0 radical (unpaired) electrons. The average molecular weight is 537 g/mol. The van der Waals surface area contributed by atoms with Crippen LogP contribution in [0.3, 0.4) is 0 Å². The van der Waals surface area contributed by atoms with E-state index >= 15 is 0 Å². The molecule has 3 aromatic carbocycles. The maximum absolute atomic E-state index is 14.1. The van der Waals surface area contributed by atoms with Crippen molar-refractivity contribution < 1.29 is 4.79 Å². The highest BCUT2D eigenvalue weighted by Gasteiger charge is 2.36. The van der Waals surface area contributed by atoms with Crippen LogP contribution in [0.5, 0.6) is 0 Å². The minimum Gasteiger partial charge on any atom is -0.378 e. The lowest BCUT2D eigenvalue weighted by Gasteiger charge is -2.31. The number of aryl methyl sites for hydroxylation is 1. The molecular formula is C31H29ClN6O. The summed E-state index contributed by atoms with van der Waals surface area (Å²) in [7, 11) is 4.04. The van der Waals surface area contributed by atoms with Gasteiger partial charge >= 0.3 is 6.03 Å². The van der Waals surface area contributed by atoms with Crippen molar-refractivity contribution in [1.29, 1.82) is 0 Å². The summed E-state index contributed by atoms with van der Waals surface area (Å²) in [5.41, 5.74) is 6.46. The molecule has 1 atom stereocenters. The van der Waals surface area contributed by atoms with Crippen molar-refractivity contribution in [2.45, 2.75) is 19.5 Å². The molecule has 7 nitrogen and oxygen atoms in total. The van der Waals surface area contributed by atoms with Crippen LogP contribution in [-0.4, -0.2) is 39.4 Å². The molecule has 0 aliphatic carbocycles. The number of amides is 2. The fourth-order valence-electron chi connectivity index (χ4n) is 5.20. The van der Waals surface area contributed by atoms with Crippen molar-refractivity contribution in [3.8, 4) is 11.5 Å². The number of rotatable bonds is 4. The average Bonchev–Trinajstić information content (AvgIpc) is 3.51. The van der Waals surface area contributed by atoms with E-state index in [0.717, 1.165) is 39.7 Å². The van der Waals surface area contributed by atoms with Gasteiger partial charge in [-0.3, -0.25) is 0 Å². The Balaban J connectivity index is 1.53. The van der Waals surface area contributed by atoms with Crippen LogP contribution in [-0.2, 0) is 6.54 Å². The molecule has 0 fully saturated rings. The number of benzene rings is 3. The topological polar surface area (TPSA) is 58.3 Å². The summed E-state index contributed by atoms with van der Waals surface area (Å²) < 4.78 is 4.13. The van der Waals surface area contributed by atoms with E-state index in [4.69, 9.17) is 16.7 Å². The summed E-state index contributed by atoms with van der Waals surface area (Å²) in [5, 5.41) is 8.46. The van der Waals surface area contributed by atoms with E-state index in [2.05, 4.69) is 45.1 Å². The number of carbonyl (C=O) groups is 1. The normalized spacial score (nSPS) is 14.4. The fourth-order valence-corrected chi connectivity index (χ4v) is 5.39. The predicted octanol–water partition coefficient (Wildman–Crippen LogP) is 6.83. The van der Waals surface area contributed by atoms with E-state index in [-0.39, 0.29) is 12.1 Å². The number of urea groups is 1. The maximum Gasteiger partial charge on any atom is 0.323 e. The number of nitrogens with one attached hydrogen (secondary N) is 1. The van der Waals surface area contributed by atoms with Gasteiger partial charge in [0.1, 0.15) is 5.82 Å². The molecule has 2 amide bonds. The molecule has 0 saturated carbocycles. The predicted molar refractivity (Wildman–Crippen MR) is 156 cm³/mol.